The highest BCUT2D eigenvalue weighted by molar-refractivity contribution is 5.75. The van der Waals surface area contributed by atoms with E-state index >= 15 is 0 Å². The van der Waals surface area contributed by atoms with Gasteiger partial charge in [0.15, 0.2) is 0 Å². The fourth-order valence-electron chi connectivity index (χ4n) is 3.60. The third-order valence-electron chi connectivity index (χ3n) is 5.07. The summed E-state index contributed by atoms with van der Waals surface area (Å²) < 4.78 is 0. The Morgan fingerprint density at radius 2 is 1.85 bits per heavy atom. The number of nitrogens with one attached hydrogen (secondary N) is 1. The maximum atomic E-state index is 12.7. The number of carbonyl (C=O) groups excluding carboxylic acids is 1. The van der Waals surface area contributed by atoms with E-state index in [0.29, 0.717) is 13.1 Å². The average molecular weight is 367 g/mol. The molecule has 0 atom stereocenters. The summed E-state index contributed by atoms with van der Waals surface area (Å²) in [5, 5.41) is 3.09. The van der Waals surface area contributed by atoms with Gasteiger partial charge < -0.3 is 15.1 Å². The van der Waals surface area contributed by atoms with Crippen LogP contribution in [0.4, 0.5) is 10.5 Å². The van der Waals surface area contributed by atoms with Gasteiger partial charge in [-0.1, -0.05) is 30.3 Å². The number of nitrogens with zero attached hydrogens (tertiary/aromatic N) is 4. The Kier molecular flexibility index (Phi) is 6.27. The summed E-state index contributed by atoms with van der Waals surface area (Å²) in [6.07, 6.45) is 8.31. The predicted molar refractivity (Wildman–Crippen MR) is 108 cm³/mol. The van der Waals surface area contributed by atoms with E-state index in [1.165, 1.54) is 11.9 Å². The molecule has 0 unspecified atom stereocenters. The average Bonchev–Trinajstić information content (AvgIpc) is 2.68. The number of benzene rings is 1. The third-order valence-corrected chi connectivity index (χ3v) is 5.07. The highest BCUT2D eigenvalue weighted by Crippen LogP contribution is 2.24. The molecule has 0 spiro atoms. The van der Waals surface area contributed by atoms with Crippen molar-refractivity contribution in [3.05, 3.63) is 54.6 Å². The molecule has 0 saturated carbocycles. The van der Waals surface area contributed by atoms with Crippen molar-refractivity contribution in [1.29, 1.82) is 0 Å². The number of unbranched alkanes of at least 4 members (excludes halogenated alkanes) is 1. The molecule has 1 N–H and O–H groups in total. The van der Waals surface area contributed by atoms with Crippen LogP contribution < -0.4 is 10.2 Å². The minimum absolute atomic E-state index is 0.0312. The lowest BCUT2D eigenvalue weighted by atomic mass is 9.99. The van der Waals surface area contributed by atoms with Gasteiger partial charge in [0.1, 0.15) is 6.33 Å². The largest absolute Gasteiger partial charge is 0.365 e. The first kappa shape index (κ1) is 19.1. The molecule has 1 aromatic heterocycles. The Morgan fingerprint density at radius 1 is 1.11 bits per heavy atom. The van der Waals surface area contributed by atoms with Crippen LogP contribution in [0.3, 0.4) is 0 Å². The number of hydrogen-bond acceptors (Lipinski definition) is 4. The van der Waals surface area contributed by atoms with Gasteiger partial charge in [-0.05, 0) is 38.7 Å². The molecule has 3 rings (SSSR count). The Bertz CT molecular complexity index is 720. The number of amides is 2. The van der Waals surface area contributed by atoms with Gasteiger partial charge >= 0.3 is 6.03 Å². The van der Waals surface area contributed by atoms with E-state index in [9.17, 15) is 4.79 Å². The fraction of sp³-hybridized carbons (Fsp3) is 0.476. The number of carbonyl (C=O) groups is 1. The van der Waals surface area contributed by atoms with Gasteiger partial charge in [0.2, 0.25) is 0 Å². The molecule has 2 amide bonds. The highest BCUT2D eigenvalue weighted by atomic mass is 16.2. The van der Waals surface area contributed by atoms with E-state index in [1.54, 1.807) is 0 Å². The monoisotopic (exact) mass is 367 g/mol. The molecule has 0 radical (unpaired) electrons. The van der Waals surface area contributed by atoms with E-state index in [1.807, 2.05) is 23.4 Å². The van der Waals surface area contributed by atoms with Crippen molar-refractivity contribution in [2.45, 2.75) is 38.6 Å². The lowest BCUT2D eigenvalue weighted by molar-refractivity contribution is 0.123. The van der Waals surface area contributed by atoms with Crippen LogP contribution in [-0.4, -0.2) is 52.6 Å². The highest BCUT2D eigenvalue weighted by Gasteiger charge is 2.36. The summed E-state index contributed by atoms with van der Waals surface area (Å²) in [6.45, 7) is 7.18. The van der Waals surface area contributed by atoms with Crippen LogP contribution in [-0.2, 0) is 6.42 Å². The van der Waals surface area contributed by atoms with Gasteiger partial charge in [-0.2, -0.15) is 0 Å². The molecular formula is C21H29N5O. The number of urea groups is 1. The second-order valence-corrected chi connectivity index (χ2v) is 7.66. The molecule has 6 nitrogen and oxygen atoms in total. The zero-order chi connectivity index (χ0) is 19.1. The molecule has 1 saturated heterocycles. The second kappa shape index (κ2) is 8.84. The minimum atomic E-state index is -0.248. The molecule has 0 bridgehead atoms. The Labute approximate surface area is 161 Å². The zero-order valence-corrected chi connectivity index (χ0v) is 16.3. The number of piperazine rings is 1. The van der Waals surface area contributed by atoms with Gasteiger partial charge in [-0.3, -0.25) is 0 Å². The minimum Gasteiger partial charge on any atom is -0.365 e. The number of hydrogen-bond donors (Lipinski definition) is 1. The molecule has 0 aliphatic carbocycles. The maximum absolute atomic E-state index is 12.7. The van der Waals surface area contributed by atoms with Crippen molar-refractivity contribution in [2.75, 3.05) is 31.1 Å². The van der Waals surface area contributed by atoms with Crippen molar-refractivity contribution in [3.63, 3.8) is 0 Å². The SMILES string of the molecule is CC1(C)CN(c2cncnc2)CCN1C(=O)NCCCCc1ccccc1. The van der Waals surface area contributed by atoms with Crippen molar-refractivity contribution >= 4 is 11.7 Å². The van der Waals surface area contributed by atoms with Gasteiger partial charge in [0.05, 0.1) is 23.6 Å². The van der Waals surface area contributed by atoms with Gasteiger partial charge in [-0.15, -0.1) is 0 Å². The molecule has 2 aromatic rings. The molecule has 1 aliphatic heterocycles. The molecule has 1 aliphatic rings. The summed E-state index contributed by atoms with van der Waals surface area (Å²) in [4.78, 5) is 25.0. The lowest BCUT2D eigenvalue weighted by Crippen LogP contribution is -2.63. The van der Waals surface area contributed by atoms with Crippen LogP contribution in [0, 0.1) is 0 Å². The summed E-state index contributed by atoms with van der Waals surface area (Å²) in [5.41, 5.74) is 2.11. The van der Waals surface area contributed by atoms with Crippen molar-refractivity contribution in [1.82, 2.24) is 20.2 Å². The summed E-state index contributed by atoms with van der Waals surface area (Å²) in [6, 6.07) is 10.5. The molecule has 1 aromatic carbocycles. The maximum Gasteiger partial charge on any atom is 0.317 e. The van der Waals surface area contributed by atoms with Crippen molar-refractivity contribution in [2.24, 2.45) is 0 Å². The van der Waals surface area contributed by atoms with Gasteiger partial charge in [0.25, 0.3) is 0 Å². The van der Waals surface area contributed by atoms with E-state index in [0.717, 1.165) is 38.0 Å². The molecule has 6 heteroatoms. The number of anilines is 1. The van der Waals surface area contributed by atoms with E-state index in [4.69, 9.17) is 0 Å². The smallest absolute Gasteiger partial charge is 0.317 e. The molecule has 27 heavy (non-hydrogen) atoms. The second-order valence-electron chi connectivity index (χ2n) is 7.66. The summed E-state index contributed by atoms with van der Waals surface area (Å²) >= 11 is 0. The first-order valence-electron chi connectivity index (χ1n) is 9.66. The van der Waals surface area contributed by atoms with Crippen LogP contribution in [0.15, 0.2) is 49.1 Å². The lowest BCUT2D eigenvalue weighted by Gasteiger charge is -2.47. The Balaban J connectivity index is 1.43. The van der Waals surface area contributed by atoms with Crippen LogP contribution in [0.5, 0.6) is 0 Å². The third kappa shape index (κ3) is 5.18. The summed E-state index contributed by atoms with van der Waals surface area (Å²) in [5.74, 6) is 0. The van der Waals surface area contributed by atoms with Gasteiger partial charge in [0, 0.05) is 26.2 Å². The van der Waals surface area contributed by atoms with Crippen molar-refractivity contribution < 1.29 is 4.79 Å². The predicted octanol–water partition coefficient (Wildman–Crippen LogP) is 3.11. The number of aryl methyl sites for hydroxylation is 1. The van der Waals surface area contributed by atoms with Crippen molar-refractivity contribution in [3.8, 4) is 0 Å². The van der Waals surface area contributed by atoms with E-state index < -0.39 is 0 Å². The molecule has 2 heterocycles. The quantitative estimate of drug-likeness (QED) is 0.797. The zero-order valence-electron chi connectivity index (χ0n) is 16.3. The van der Waals surface area contributed by atoms with Crippen LogP contribution in [0.1, 0.15) is 32.3 Å². The first-order chi connectivity index (χ1) is 13.1. The standard InChI is InChI=1S/C21H29N5O/c1-21(2)16-25(19-14-22-17-23-15-19)12-13-26(21)20(27)24-11-7-6-10-18-8-4-3-5-9-18/h3-5,8-9,14-15,17H,6-7,10-13,16H2,1-2H3,(H,24,27). The molecule has 1 fully saturated rings. The normalized spacial score (nSPS) is 16.2. The topological polar surface area (TPSA) is 61.4 Å². The number of rotatable bonds is 6. The fourth-order valence-corrected chi connectivity index (χ4v) is 3.60. The van der Waals surface area contributed by atoms with E-state index in [2.05, 4.69) is 58.3 Å². The van der Waals surface area contributed by atoms with E-state index in [-0.39, 0.29) is 11.6 Å². The van der Waals surface area contributed by atoms with Crippen LogP contribution in [0.2, 0.25) is 0 Å². The molecule has 144 valence electrons. The Hall–Kier alpha value is -2.63. The number of aromatic nitrogens is 2. The summed E-state index contributed by atoms with van der Waals surface area (Å²) in [7, 11) is 0. The van der Waals surface area contributed by atoms with Crippen LogP contribution in [0.25, 0.3) is 0 Å². The van der Waals surface area contributed by atoms with Crippen LogP contribution >= 0.6 is 0 Å². The first-order valence-corrected chi connectivity index (χ1v) is 9.66. The van der Waals surface area contributed by atoms with Gasteiger partial charge in [-0.25, -0.2) is 14.8 Å². The molecular weight excluding hydrogens is 338 g/mol. The Morgan fingerprint density at radius 3 is 2.56 bits per heavy atom.